The van der Waals surface area contributed by atoms with Crippen LogP contribution in [-0.2, 0) is 19.4 Å². The molecule has 1 aromatic heterocycles. The summed E-state index contributed by atoms with van der Waals surface area (Å²) in [5.41, 5.74) is 10.3. The van der Waals surface area contributed by atoms with Crippen LogP contribution in [0.25, 0.3) is 5.69 Å². The van der Waals surface area contributed by atoms with E-state index in [-0.39, 0.29) is 0 Å². The van der Waals surface area contributed by atoms with Crippen LogP contribution < -0.4 is 5.73 Å². The van der Waals surface area contributed by atoms with Gasteiger partial charge in [-0.25, -0.2) is 4.68 Å². The van der Waals surface area contributed by atoms with E-state index < -0.39 is 0 Å². The Balaban J connectivity index is 2.56. The molecule has 0 saturated heterocycles. The monoisotopic (exact) mass is 263 g/mol. The quantitative estimate of drug-likeness (QED) is 0.921. The lowest BCUT2D eigenvalue weighted by Crippen LogP contribution is -2.05. The lowest BCUT2D eigenvalue weighted by molar-refractivity contribution is 0.793. The summed E-state index contributed by atoms with van der Waals surface area (Å²) in [7, 11) is 0. The van der Waals surface area contributed by atoms with Gasteiger partial charge < -0.3 is 5.73 Å². The van der Waals surface area contributed by atoms with Gasteiger partial charge in [-0.2, -0.15) is 5.10 Å². The number of rotatable bonds is 4. The first-order chi connectivity index (χ1) is 8.71. The predicted molar refractivity (Wildman–Crippen MR) is 75.2 cm³/mol. The van der Waals surface area contributed by atoms with Gasteiger partial charge in [-0.1, -0.05) is 25.4 Å². The van der Waals surface area contributed by atoms with Crippen LogP contribution >= 0.6 is 11.6 Å². The van der Waals surface area contributed by atoms with E-state index in [1.54, 1.807) is 0 Å². The van der Waals surface area contributed by atoms with Crippen molar-refractivity contribution < 1.29 is 0 Å². The maximum absolute atomic E-state index is 5.91. The third-order valence-electron chi connectivity index (χ3n) is 3.12. The summed E-state index contributed by atoms with van der Waals surface area (Å²) >= 11 is 5.91. The fraction of sp³-hybridized carbons (Fsp3) is 0.357. The second kappa shape index (κ2) is 5.55. The van der Waals surface area contributed by atoms with Crippen molar-refractivity contribution in [3.05, 3.63) is 46.2 Å². The minimum atomic E-state index is 0.542. The minimum Gasteiger partial charge on any atom is -0.326 e. The predicted octanol–water partition coefficient (Wildman–Crippen LogP) is 3.11. The normalized spacial score (nSPS) is 10.9. The Morgan fingerprint density at radius 2 is 1.83 bits per heavy atom. The van der Waals surface area contributed by atoms with Gasteiger partial charge in [0.1, 0.15) is 0 Å². The fourth-order valence-corrected chi connectivity index (χ4v) is 2.34. The van der Waals surface area contributed by atoms with Crippen molar-refractivity contribution in [2.24, 2.45) is 5.73 Å². The van der Waals surface area contributed by atoms with Crippen LogP contribution in [0.3, 0.4) is 0 Å². The number of halogens is 1. The van der Waals surface area contributed by atoms with Crippen molar-refractivity contribution in [2.45, 2.75) is 33.2 Å². The van der Waals surface area contributed by atoms with E-state index in [4.69, 9.17) is 17.3 Å². The number of hydrogen-bond donors (Lipinski definition) is 1. The van der Waals surface area contributed by atoms with Crippen LogP contribution in [0, 0.1) is 0 Å². The molecule has 96 valence electrons. The molecule has 0 aliphatic heterocycles. The van der Waals surface area contributed by atoms with Crippen molar-refractivity contribution in [1.29, 1.82) is 0 Å². The second-order valence-electron chi connectivity index (χ2n) is 4.17. The van der Waals surface area contributed by atoms with Crippen LogP contribution in [0.15, 0.2) is 24.3 Å². The van der Waals surface area contributed by atoms with E-state index in [0.29, 0.717) is 6.54 Å². The first kappa shape index (κ1) is 13.1. The fourth-order valence-electron chi connectivity index (χ4n) is 2.21. The highest BCUT2D eigenvalue weighted by Crippen LogP contribution is 2.21. The summed E-state index contributed by atoms with van der Waals surface area (Å²) in [5, 5.41) is 5.40. The van der Waals surface area contributed by atoms with Crippen LogP contribution in [0.5, 0.6) is 0 Å². The van der Waals surface area contributed by atoms with Gasteiger partial charge in [0.25, 0.3) is 0 Å². The zero-order valence-electron chi connectivity index (χ0n) is 10.8. The molecule has 0 fully saturated rings. The molecule has 0 atom stereocenters. The molecule has 0 spiro atoms. The topological polar surface area (TPSA) is 43.8 Å². The van der Waals surface area contributed by atoms with Crippen molar-refractivity contribution in [3.63, 3.8) is 0 Å². The van der Waals surface area contributed by atoms with Crippen molar-refractivity contribution in [2.75, 3.05) is 0 Å². The van der Waals surface area contributed by atoms with E-state index in [0.717, 1.165) is 29.2 Å². The number of benzene rings is 1. The van der Waals surface area contributed by atoms with E-state index in [1.807, 2.05) is 28.9 Å². The molecule has 0 amide bonds. The Bertz CT molecular complexity index is 529. The molecule has 0 saturated carbocycles. The molecule has 0 aliphatic rings. The maximum Gasteiger partial charge on any atom is 0.0674 e. The van der Waals surface area contributed by atoms with E-state index in [2.05, 4.69) is 18.9 Å². The Morgan fingerprint density at radius 1 is 1.17 bits per heavy atom. The number of nitrogens with zero attached hydrogens (tertiary/aromatic N) is 2. The van der Waals surface area contributed by atoms with E-state index >= 15 is 0 Å². The molecule has 1 aromatic carbocycles. The third-order valence-corrected chi connectivity index (χ3v) is 3.37. The number of aromatic nitrogens is 2. The minimum absolute atomic E-state index is 0.542. The molecule has 3 nitrogen and oxygen atoms in total. The van der Waals surface area contributed by atoms with Gasteiger partial charge in [-0.05, 0) is 37.1 Å². The van der Waals surface area contributed by atoms with Crippen molar-refractivity contribution in [3.8, 4) is 5.69 Å². The first-order valence-corrected chi connectivity index (χ1v) is 6.64. The van der Waals surface area contributed by atoms with E-state index in [9.17, 15) is 0 Å². The van der Waals surface area contributed by atoms with Crippen molar-refractivity contribution >= 4 is 11.6 Å². The smallest absolute Gasteiger partial charge is 0.0674 e. The SMILES string of the molecule is CCc1nn(-c2ccc(Cl)cc2)c(CC)c1CN. The summed E-state index contributed by atoms with van der Waals surface area (Å²) in [5.74, 6) is 0. The van der Waals surface area contributed by atoms with Gasteiger partial charge in [0.2, 0.25) is 0 Å². The van der Waals surface area contributed by atoms with Gasteiger partial charge in [-0.3, -0.25) is 0 Å². The van der Waals surface area contributed by atoms with Crippen molar-refractivity contribution in [1.82, 2.24) is 9.78 Å². The Kier molecular flexibility index (Phi) is 4.04. The molecule has 0 bridgehead atoms. The molecule has 2 rings (SSSR count). The molecule has 18 heavy (non-hydrogen) atoms. The number of hydrogen-bond acceptors (Lipinski definition) is 2. The molecule has 1 heterocycles. The van der Waals surface area contributed by atoms with Crippen LogP contribution in [0.2, 0.25) is 5.02 Å². The summed E-state index contributed by atoms with van der Waals surface area (Å²) < 4.78 is 1.98. The Morgan fingerprint density at radius 3 is 2.33 bits per heavy atom. The van der Waals surface area contributed by atoms with Gasteiger partial charge in [0.05, 0.1) is 11.4 Å². The summed E-state index contributed by atoms with van der Waals surface area (Å²) in [4.78, 5) is 0. The third kappa shape index (κ3) is 2.28. The van der Waals surface area contributed by atoms with Gasteiger partial charge in [0, 0.05) is 22.8 Å². The molecule has 2 N–H and O–H groups in total. The highest BCUT2D eigenvalue weighted by molar-refractivity contribution is 6.30. The van der Waals surface area contributed by atoms with E-state index in [1.165, 1.54) is 11.3 Å². The Hall–Kier alpha value is -1.32. The van der Waals surface area contributed by atoms with Gasteiger partial charge >= 0.3 is 0 Å². The largest absolute Gasteiger partial charge is 0.326 e. The highest BCUT2D eigenvalue weighted by Gasteiger charge is 2.14. The lowest BCUT2D eigenvalue weighted by Gasteiger charge is -2.07. The summed E-state index contributed by atoms with van der Waals surface area (Å²) in [6.07, 6.45) is 1.82. The molecule has 4 heteroatoms. The average Bonchev–Trinajstić information content (AvgIpc) is 2.77. The molecule has 2 aromatic rings. The van der Waals surface area contributed by atoms with Gasteiger partial charge in [0.15, 0.2) is 0 Å². The Labute approximate surface area is 113 Å². The number of nitrogens with two attached hydrogens (primary N) is 1. The average molecular weight is 264 g/mol. The summed E-state index contributed by atoms with van der Waals surface area (Å²) in [6, 6.07) is 7.72. The summed E-state index contributed by atoms with van der Waals surface area (Å²) in [6.45, 7) is 4.77. The zero-order valence-corrected chi connectivity index (χ0v) is 11.5. The molecular formula is C14H18ClN3. The molecule has 0 radical (unpaired) electrons. The maximum atomic E-state index is 5.91. The lowest BCUT2D eigenvalue weighted by atomic mass is 10.1. The molecule has 0 unspecified atom stereocenters. The first-order valence-electron chi connectivity index (χ1n) is 6.26. The second-order valence-corrected chi connectivity index (χ2v) is 4.61. The highest BCUT2D eigenvalue weighted by atomic mass is 35.5. The molecule has 0 aliphatic carbocycles. The molecular weight excluding hydrogens is 246 g/mol. The standard InChI is InChI=1S/C14H18ClN3/c1-3-13-12(9-16)14(4-2)18(17-13)11-7-5-10(15)6-8-11/h5-8H,3-4,9,16H2,1-2H3. The van der Waals surface area contributed by atoms with Crippen LogP contribution in [0.1, 0.15) is 30.8 Å². The number of aryl methyl sites for hydroxylation is 1. The van der Waals surface area contributed by atoms with Crippen LogP contribution in [-0.4, -0.2) is 9.78 Å². The zero-order chi connectivity index (χ0) is 13.1. The van der Waals surface area contributed by atoms with Gasteiger partial charge in [-0.15, -0.1) is 0 Å². The van der Waals surface area contributed by atoms with Crippen LogP contribution in [0.4, 0.5) is 0 Å².